The van der Waals surface area contributed by atoms with Crippen LogP contribution in [0.3, 0.4) is 0 Å². The molecule has 2 aliphatic rings. The molecule has 46 heavy (non-hydrogen) atoms. The highest BCUT2D eigenvalue weighted by Crippen LogP contribution is 2.40. The quantitative estimate of drug-likeness (QED) is 0.0943. The molecule has 242 valence electrons. The van der Waals surface area contributed by atoms with Gasteiger partial charge in [-0.1, -0.05) is 13.8 Å². The molecule has 6 rings (SSSR count). The molecule has 12 heteroatoms. The molecule has 0 aliphatic heterocycles. The summed E-state index contributed by atoms with van der Waals surface area (Å²) in [6.45, 7) is 5.63. The molecule has 0 spiro atoms. The van der Waals surface area contributed by atoms with Crippen molar-refractivity contribution in [3.05, 3.63) is 58.9 Å². The fraction of sp³-hybridized carbons (Fsp3) is 0.412. The van der Waals surface area contributed by atoms with Crippen LogP contribution in [0.4, 0.5) is 11.4 Å². The molecule has 2 amide bonds. The van der Waals surface area contributed by atoms with E-state index in [1.165, 1.54) is 0 Å². The van der Waals surface area contributed by atoms with E-state index in [0.29, 0.717) is 37.0 Å². The maximum Gasteiger partial charge on any atom is 0.307 e. The Labute approximate surface area is 266 Å². The van der Waals surface area contributed by atoms with Gasteiger partial charge < -0.3 is 40.7 Å². The molecule has 0 bridgehead atoms. The summed E-state index contributed by atoms with van der Waals surface area (Å²) in [7, 11) is 0. The smallest absolute Gasteiger partial charge is 0.307 e. The zero-order valence-corrected chi connectivity index (χ0v) is 26.0. The largest absolute Gasteiger partial charge is 0.456 e. The number of esters is 2. The van der Waals surface area contributed by atoms with Gasteiger partial charge in [0.1, 0.15) is 12.2 Å². The van der Waals surface area contributed by atoms with Crippen LogP contribution < -0.4 is 21.3 Å². The van der Waals surface area contributed by atoms with E-state index in [2.05, 4.69) is 31.2 Å². The second kappa shape index (κ2) is 13.8. The normalized spacial score (nSPS) is 20.5. The first-order valence-corrected chi connectivity index (χ1v) is 16.0. The molecule has 2 aliphatic carbocycles. The number of carbonyl (C=O) groups excluding carboxylic acids is 4. The Bertz CT molecular complexity index is 1630. The Morgan fingerprint density at radius 3 is 1.57 bits per heavy atom. The van der Waals surface area contributed by atoms with Gasteiger partial charge in [0.05, 0.1) is 24.2 Å². The van der Waals surface area contributed by atoms with Crippen LogP contribution in [-0.4, -0.2) is 59.9 Å². The van der Waals surface area contributed by atoms with Gasteiger partial charge in [0, 0.05) is 58.1 Å². The van der Waals surface area contributed by atoms with Crippen molar-refractivity contribution < 1.29 is 28.7 Å². The number of carbonyl (C=O) groups is 4. The van der Waals surface area contributed by atoms with Crippen LogP contribution in [-0.2, 0) is 41.5 Å². The van der Waals surface area contributed by atoms with Gasteiger partial charge in [-0.25, -0.2) is 0 Å². The summed E-state index contributed by atoms with van der Waals surface area (Å²) in [5.41, 5.74) is 6.98. The van der Waals surface area contributed by atoms with Gasteiger partial charge in [-0.15, -0.1) is 0 Å². The molecule has 4 unspecified atom stereocenters. The average Bonchev–Trinajstić information content (AvgIpc) is 3.59. The fourth-order valence-corrected chi connectivity index (χ4v) is 7.00. The summed E-state index contributed by atoms with van der Waals surface area (Å²) in [6, 6.07) is 11.5. The number of aromatic nitrogens is 2. The van der Waals surface area contributed by atoms with Crippen LogP contribution in [0.25, 0.3) is 21.8 Å². The van der Waals surface area contributed by atoms with E-state index in [1.54, 1.807) is 0 Å². The Kier molecular flexibility index (Phi) is 9.36. The van der Waals surface area contributed by atoms with E-state index in [-0.39, 0.29) is 24.9 Å². The SMILES string of the molecule is CCNC1Cc2c([nH]c3ccc(NC=O)cc23)C(OC(=O)CCC(=O)OC2CC(NCC)Cc3c2[nH]c2ccc(NC=O)cc32)C1. The maximum atomic E-state index is 13.1. The molecule has 4 aromatic rings. The van der Waals surface area contributed by atoms with Crippen molar-refractivity contribution in [3.8, 4) is 0 Å². The maximum absolute atomic E-state index is 13.1. The minimum Gasteiger partial charge on any atom is -0.456 e. The lowest BCUT2D eigenvalue weighted by atomic mass is 9.89. The third-order valence-corrected chi connectivity index (χ3v) is 8.94. The van der Waals surface area contributed by atoms with Crippen LogP contribution in [0.5, 0.6) is 0 Å². The predicted octanol–water partition coefficient (Wildman–Crippen LogP) is 4.28. The third-order valence-electron chi connectivity index (χ3n) is 8.94. The van der Waals surface area contributed by atoms with Gasteiger partial charge in [-0.3, -0.25) is 19.2 Å². The molecule has 0 saturated heterocycles. The number of rotatable bonds is 13. The van der Waals surface area contributed by atoms with Crippen molar-refractivity contribution in [2.24, 2.45) is 0 Å². The molecule has 0 radical (unpaired) electrons. The van der Waals surface area contributed by atoms with E-state index < -0.39 is 24.1 Å². The second-order valence-electron chi connectivity index (χ2n) is 11.9. The number of aromatic amines is 2. The number of nitrogens with one attached hydrogen (secondary N) is 6. The Morgan fingerprint density at radius 1 is 0.739 bits per heavy atom. The highest BCUT2D eigenvalue weighted by Gasteiger charge is 2.34. The summed E-state index contributed by atoms with van der Waals surface area (Å²) in [5.74, 6) is -0.939. The molecule has 6 N–H and O–H groups in total. The van der Waals surface area contributed by atoms with Crippen LogP contribution >= 0.6 is 0 Å². The molecule has 0 saturated carbocycles. The Hall–Kier alpha value is -4.68. The molecular formula is C34H40N6O6. The summed E-state index contributed by atoms with van der Waals surface area (Å²) >= 11 is 0. The number of benzene rings is 2. The van der Waals surface area contributed by atoms with Crippen molar-refractivity contribution in [1.29, 1.82) is 0 Å². The van der Waals surface area contributed by atoms with Crippen LogP contribution in [0.1, 0.15) is 74.3 Å². The van der Waals surface area contributed by atoms with Crippen LogP contribution in [0, 0.1) is 0 Å². The third kappa shape index (κ3) is 6.49. The van der Waals surface area contributed by atoms with Gasteiger partial charge in [0.2, 0.25) is 12.8 Å². The monoisotopic (exact) mass is 628 g/mol. The minimum absolute atomic E-state index is 0.103. The Balaban J connectivity index is 1.14. The van der Waals surface area contributed by atoms with E-state index in [4.69, 9.17) is 9.47 Å². The number of ether oxygens (including phenoxy) is 2. The van der Waals surface area contributed by atoms with Gasteiger partial charge in [-0.2, -0.15) is 0 Å². The lowest BCUT2D eigenvalue weighted by Crippen LogP contribution is -2.37. The van der Waals surface area contributed by atoms with E-state index >= 15 is 0 Å². The zero-order chi connectivity index (χ0) is 32.2. The lowest BCUT2D eigenvalue weighted by Gasteiger charge is -2.30. The van der Waals surface area contributed by atoms with Gasteiger partial charge in [0.15, 0.2) is 0 Å². The molecule has 12 nitrogen and oxygen atoms in total. The number of likely N-dealkylation sites (N-methyl/N-ethyl adjacent to an activating group) is 2. The minimum atomic E-state index is -0.502. The number of anilines is 2. The first-order chi connectivity index (χ1) is 22.4. The zero-order valence-electron chi connectivity index (χ0n) is 26.0. The Morgan fingerprint density at radius 2 is 1.17 bits per heavy atom. The summed E-state index contributed by atoms with van der Waals surface area (Å²) in [5, 5.41) is 14.3. The fourth-order valence-electron chi connectivity index (χ4n) is 7.00. The van der Waals surface area contributed by atoms with E-state index in [0.717, 1.165) is 70.3 Å². The van der Waals surface area contributed by atoms with Crippen molar-refractivity contribution in [2.45, 2.75) is 76.7 Å². The summed E-state index contributed by atoms with van der Waals surface area (Å²) in [6.07, 6.45) is 2.80. The van der Waals surface area contributed by atoms with Crippen LogP contribution in [0.15, 0.2) is 36.4 Å². The second-order valence-corrected chi connectivity index (χ2v) is 11.9. The van der Waals surface area contributed by atoms with Gasteiger partial charge in [-0.05, 0) is 73.5 Å². The number of H-pyrrole nitrogens is 2. The standard InChI is InChI=1S/C34H40N6O6/c1-3-35-21-13-25-23-11-19(37-17-41)5-7-27(23)39-33(25)29(15-21)45-31(43)9-10-32(44)46-30-16-22(36-4-2)14-26-24-12-20(38-18-42)6-8-28(24)40-34(26)30/h5-8,11-12,17-18,21-22,29-30,35-36,39-40H,3-4,9-10,13-16H2,1-2H3,(H,37,41)(H,38,42). The first kappa shape index (κ1) is 31.3. The molecule has 2 heterocycles. The number of amides is 2. The molecule has 2 aromatic heterocycles. The average molecular weight is 629 g/mol. The highest BCUT2D eigenvalue weighted by molar-refractivity contribution is 5.91. The van der Waals surface area contributed by atoms with E-state index in [1.807, 2.05) is 50.2 Å². The number of hydrogen-bond donors (Lipinski definition) is 6. The number of hydrogen-bond acceptors (Lipinski definition) is 8. The summed E-state index contributed by atoms with van der Waals surface area (Å²) in [4.78, 5) is 55.1. The van der Waals surface area contributed by atoms with Gasteiger partial charge >= 0.3 is 11.9 Å². The van der Waals surface area contributed by atoms with Gasteiger partial charge in [0.25, 0.3) is 0 Å². The van der Waals surface area contributed by atoms with E-state index in [9.17, 15) is 19.2 Å². The topological polar surface area (TPSA) is 166 Å². The van der Waals surface area contributed by atoms with Crippen molar-refractivity contribution >= 4 is 57.9 Å². The lowest BCUT2D eigenvalue weighted by molar-refractivity contribution is -0.157. The highest BCUT2D eigenvalue weighted by atomic mass is 16.6. The number of fused-ring (bicyclic) bond motifs is 6. The molecular weight excluding hydrogens is 588 g/mol. The van der Waals surface area contributed by atoms with Crippen molar-refractivity contribution in [3.63, 3.8) is 0 Å². The van der Waals surface area contributed by atoms with Crippen molar-refractivity contribution in [2.75, 3.05) is 23.7 Å². The first-order valence-electron chi connectivity index (χ1n) is 16.0. The summed E-state index contributed by atoms with van der Waals surface area (Å²) < 4.78 is 12.0. The molecule has 0 fully saturated rings. The predicted molar refractivity (Wildman–Crippen MR) is 174 cm³/mol. The molecule has 2 aromatic carbocycles. The van der Waals surface area contributed by atoms with Crippen LogP contribution in [0.2, 0.25) is 0 Å². The van der Waals surface area contributed by atoms with Crippen molar-refractivity contribution in [1.82, 2.24) is 20.6 Å². The molecule has 4 atom stereocenters.